The van der Waals surface area contributed by atoms with Crippen LogP contribution < -0.4 is 10.1 Å². The van der Waals surface area contributed by atoms with E-state index in [9.17, 15) is 4.79 Å². The largest absolute Gasteiger partial charge is 0.497 e. The van der Waals surface area contributed by atoms with Crippen LogP contribution in [0.5, 0.6) is 5.75 Å². The van der Waals surface area contributed by atoms with Crippen LogP contribution in [-0.4, -0.2) is 33.7 Å². The van der Waals surface area contributed by atoms with E-state index in [1.54, 1.807) is 19.4 Å². The zero-order chi connectivity index (χ0) is 16.9. The number of fused-ring (bicyclic) bond motifs is 1. The van der Waals surface area contributed by atoms with Gasteiger partial charge in [-0.2, -0.15) is 0 Å². The number of hydrogen-bond donors (Lipinski definition) is 2. The average Bonchev–Trinajstić information content (AvgIpc) is 3.00. The van der Waals surface area contributed by atoms with E-state index in [2.05, 4.69) is 20.3 Å². The van der Waals surface area contributed by atoms with Gasteiger partial charge in [0.15, 0.2) is 10.8 Å². The Morgan fingerprint density at radius 3 is 3.12 bits per heavy atom. The van der Waals surface area contributed by atoms with Gasteiger partial charge in [-0.1, -0.05) is 35.5 Å². The number of aromatic nitrogens is 3. The third-order valence-electron chi connectivity index (χ3n) is 3.25. The number of nitrogens with one attached hydrogen (secondary N) is 2. The number of carbonyl (C=O) groups is 1. The molecule has 0 aliphatic rings. The summed E-state index contributed by atoms with van der Waals surface area (Å²) in [6.07, 6.45) is 1.54. The van der Waals surface area contributed by atoms with Crippen molar-refractivity contribution in [2.75, 3.05) is 12.9 Å². The van der Waals surface area contributed by atoms with Crippen molar-refractivity contribution in [2.45, 2.75) is 11.7 Å². The van der Waals surface area contributed by atoms with Gasteiger partial charge in [-0.3, -0.25) is 4.79 Å². The number of hydrogen-bond acceptors (Lipinski definition) is 5. The normalized spacial score (nSPS) is 10.8. The first-order valence-corrected chi connectivity index (χ1v) is 8.54. The minimum atomic E-state index is -0.0748. The topological polar surface area (TPSA) is 79.9 Å². The summed E-state index contributed by atoms with van der Waals surface area (Å²) in [7, 11) is 1.61. The number of pyridine rings is 1. The number of benzene rings is 1. The van der Waals surface area contributed by atoms with Gasteiger partial charge in [-0.25, -0.2) is 9.97 Å². The highest BCUT2D eigenvalue weighted by molar-refractivity contribution is 7.99. The third-order valence-corrected chi connectivity index (χ3v) is 4.33. The summed E-state index contributed by atoms with van der Waals surface area (Å²) in [6, 6.07) is 9.33. The minimum Gasteiger partial charge on any atom is -0.497 e. The zero-order valence-corrected chi connectivity index (χ0v) is 14.4. The predicted octanol–water partition coefficient (Wildman–Crippen LogP) is 3.03. The number of imidazole rings is 1. The number of carbonyl (C=O) groups excluding carboxylic acids is 1. The molecule has 0 fully saturated rings. The van der Waals surface area contributed by atoms with Crippen molar-refractivity contribution in [1.29, 1.82) is 0 Å². The number of halogens is 1. The molecular weight excluding hydrogens is 348 g/mol. The predicted molar refractivity (Wildman–Crippen MR) is 94.5 cm³/mol. The Bertz CT molecular complexity index is 868. The van der Waals surface area contributed by atoms with Gasteiger partial charge in [0.1, 0.15) is 5.75 Å². The molecule has 124 valence electrons. The molecule has 0 saturated carbocycles. The Labute approximate surface area is 148 Å². The molecule has 0 bridgehead atoms. The molecule has 1 aromatic carbocycles. The summed E-state index contributed by atoms with van der Waals surface area (Å²) >= 11 is 7.20. The number of thioether (sulfide) groups is 1. The molecule has 24 heavy (non-hydrogen) atoms. The second-order valence-corrected chi connectivity index (χ2v) is 6.38. The lowest BCUT2D eigenvalue weighted by Gasteiger charge is -2.06. The molecule has 0 aliphatic carbocycles. The molecule has 0 radical (unpaired) electrons. The van der Waals surface area contributed by atoms with Crippen molar-refractivity contribution >= 4 is 40.4 Å². The standard InChI is InChI=1S/C16H15ClN4O2S/c1-23-12-4-2-3-10(5-12)7-18-14(22)9-24-16-20-13-6-11(17)8-19-15(13)21-16/h2-6,8H,7,9H2,1H3,(H,18,22)(H,19,20,21). The van der Waals surface area contributed by atoms with Crippen molar-refractivity contribution in [1.82, 2.24) is 20.3 Å². The molecule has 6 nitrogen and oxygen atoms in total. The van der Waals surface area contributed by atoms with E-state index in [0.717, 1.165) is 16.8 Å². The first-order valence-electron chi connectivity index (χ1n) is 7.18. The zero-order valence-electron chi connectivity index (χ0n) is 12.9. The molecule has 2 heterocycles. The molecule has 2 aromatic heterocycles. The van der Waals surface area contributed by atoms with Gasteiger partial charge in [0.25, 0.3) is 0 Å². The monoisotopic (exact) mass is 362 g/mol. The smallest absolute Gasteiger partial charge is 0.230 e. The van der Waals surface area contributed by atoms with Gasteiger partial charge in [-0.15, -0.1) is 0 Å². The molecule has 0 atom stereocenters. The van der Waals surface area contributed by atoms with Crippen LogP contribution in [0.3, 0.4) is 0 Å². The van der Waals surface area contributed by atoms with Crippen LogP contribution in [0.15, 0.2) is 41.7 Å². The van der Waals surface area contributed by atoms with E-state index in [1.807, 2.05) is 24.3 Å². The molecule has 1 amide bonds. The lowest BCUT2D eigenvalue weighted by molar-refractivity contribution is -0.118. The Morgan fingerprint density at radius 2 is 2.29 bits per heavy atom. The number of amides is 1. The van der Waals surface area contributed by atoms with E-state index >= 15 is 0 Å². The van der Waals surface area contributed by atoms with Crippen LogP contribution in [0.2, 0.25) is 5.02 Å². The van der Waals surface area contributed by atoms with Crippen molar-refractivity contribution in [3.8, 4) is 5.75 Å². The summed E-state index contributed by atoms with van der Waals surface area (Å²) in [5.74, 6) is 0.955. The molecule has 0 spiro atoms. The van der Waals surface area contributed by atoms with Gasteiger partial charge in [0.05, 0.1) is 23.4 Å². The SMILES string of the molecule is COc1cccc(CNC(=O)CSc2nc3ncc(Cl)cc3[nH]2)c1. The third kappa shape index (κ3) is 4.18. The van der Waals surface area contributed by atoms with Crippen LogP contribution in [0, 0.1) is 0 Å². The van der Waals surface area contributed by atoms with Gasteiger partial charge in [-0.05, 0) is 23.8 Å². The Morgan fingerprint density at radius 1 is 1.42 bits per heavy atom. The maximum absolute atomic E-state index is 12.0. The second-order valence-electron chi connectivity index (χ2n) is 4.98. The summed E-state index contributed by atoms with van der Waals surface area (Å²) in [6.45, 7) is 0.452. The first kappa shape index (κ1) is 16.6. The fourth-order valence-corrected chi connectivity index (χ4v) is 2.95. The molecule has 3 rings (SSSR count). The highest BCUT2D eigenvalue weighted by Gasteiger charge is 2.08. The van der Waals surface area contributed by atoms with Crippen molar-refractivity contribution in [3.05, 3.63) is 47.1 Å². The fourth-order valence-electron chi connectivity index (χ4n) is 2.09. The Balaban J connectivity index is 1.52. The highest BCUT2D eigenvalue weighted by Crippen LogP contribution is 2.20. The lowest BCUT2D eigenvalue weighted by atomic mass is 10.2. The molecule has 3 aromatic rings. The Hall–Kier alpha value is -2.25. The van der Waals surface area contributed by atoms with Crippen LogP contribution >= 0.6 is 23.4 Å². The lowest BCUT2D eigenvalue weighted by Crippen LogP contribution is -2.24. The molecular formula is C16H15ClN4O2S. The summed E-state index contributed by atoms with van der Waals surface area (Å²) < 4.78 is 5.16. The number of H-pyrrole nitrogens is 1. The summed E-state index contributed by atoms with van der Waals surface area (Å²) in [4.78, 5) is 23.5. The summed E-state index contributed by atoms with van der Waals surface area (Å²) in [5.41, 5.74) is 2.32. The van der Waals surface area contributed by atoms with E-state index in [4.69, 9.17) is 16.3 Å². The molecule has 0 saturated heterocycles. The van der Waals surface area contributed by atoms with E-state index in [1.165, 1.54) is 11.8 Å². The minimum absolute atomic E-state index is 0.0748. The van der Waals surface area contributed by atoms with Crippen molar-refractivity contribution < 1.29 is 9.53 Å². The number of ether oxygens (including phenoxy) is 1. The molecule has 0 aliphatic heterocycles. The van der Waals surface area contributed by atoms with Crippen molar-refractivity contribution in [3.63, 3.8) is 0 Å². The van der Waals surface area contributed by atoms with Crippen LogP contribution in [-0.2, 0) is 11.3 Å². The molecule has 0 unspecified atom stereocenters. The first-order chi connectivity index (χ1) is 11.6. The van der Waals surface area contributed by atoms with Gasteiger partial charge >= 0.3 is 0 Å². The average molecular weight is 363 g/mol. The maximum atomic E-state index is 12.0. The number of rotatable bonds is 6. The number of methoxy groups -OCH3 is 1. The van der Waals surface area contributed by atoms with Crippen LogP contribution in [0.4, 0.5) is 0 Å². The van der Waals surface area contributed by atoms with Crippen molar-refractivity contribution in [2.24, 2.45) is 0 Å². The van der Waals surface area contributed by atoms with E-state index < -0.39 is 0 Å². The Kier molecular flexibility index (Phi) is 5.22. The highest BCUT2D eigenvalue weighted by atomic mass is 35.5. The van der Waals surface area contributed by atoms with Gasteiger partial charge in [0, 0.05) is 12.7 Å². The van der Waals surface area contributed by atoms with Gasteiger partial charge < -0.3 is 15.0 Å². The van der Waals surface area contributed by atoms with Crippen LogP contribution in [0.25, 0.3) is 11.2 Å². The maximum Gasteiger partial charge on any atom is 0.230 e. The van der Waals surface area contributed by atoms with Gasteiger partial charge in [0.2, 0.25) is 5.91 Å². The molecule has 8 heteroatoms. The number of aromatic amines is 1. The van der Waals surface area contributed by atoms with Crippen LogP contribution in [0.1, 0.15) is 5.56 Å². The van der Waals surface area contributed by atoms with E-state index in [0.29, 0.717) is 22.4 Å². The second kappa shape index (κ2) is 7.55. The summed E-state index contributed by atoms with van der Waals surface area (Å²) in [5, 5.41) is 4.05. The quantitative estimate of drug-likeness (QED) is 0.659. The molecule has 2 N–H and O–H groups in total. The fraction of sp³-hybridized carbons (Fsp3) is 0.188. The number of nitrogens with zero attached hydrogens (tertiary/aromatic N) is 2. The van der Waals surface area contributed by atoms with E-state index in [-0.39, 0.29) is 11.7 Å².